The summed E-state index contributed by atoms with van der Waals surface area (Å²) in [7, 11) is 0. The number of hydrogen-bond acceptors (Lipinski definition) is 4. The molecule has 0 bridgehead atoms. The van der Waals surface area contributed by atoms with Crippen molar-refractivity contribution >= 4 is 11.8 Å². The highest BCUT2D eigenvalue weighted by atomic mass is 32.2. The molecule has 18 heavy (non-hydrogen) atoms. The van der Waals surface area contributed by atoms with Gasteiger partial charge in [-0.15, -0.1) is 0 Å². The summed E-state index contributed by atoms with van der Waals surface area (Å²) in [6.45, 7) is 12.4. The van der Waals surface area contributed by atoms with Crippen LogP contribution < -0.4 is 5.32 Å². The summed E-state index contributed by atoms with van der Waals surface area (Å²) in [5.41, 5.74) is 0.0249. The molecule has 2 aliphatic heterocycles. The van der Waals surface area contributed by atoms with Gasteiger partial charge in [0.2, 0.25) is 0 Å². The first-order chi connectivity index (χ1) is 8.55. The lowest BCUT2D eigenvalue weighted by molar-refractivity contribution is -0.127. The molecule has 3 nitrogen and oxygen atoms in total. The van der Waals surface area contributed by atoms with Crippen LogP contribution in [0.15, 0.2) is 0 Å². The van der Waals surface area contributed by atoms with Gasteiger partial charge in [-0.3, -0.25) is 4.90 Å². The van der Waals surface area contributed by atoms with Gasteiger partial charge in [0.05, 0.1) is 11.7 Å². The molecular weight excluding hydrogens is 244 g/mol. The van der Waals surface area contributed by atoms with Crippen molar-refractivity contribution in [2.24, 2.45) is 0 Å². The molecule has 106 valence electrons. The number of hydrogen-bond donors (Lipinski definition) is 1. The maximum absolute atomic E-state index is 5.94. The number of nitrogens with zero attached hydrogens (tertiary/aromatic N) is 1. The molecular formula is C14H28N2OS. The molecule has 0 aromatic carbocycles. The van der Waals surface area contributed by atoms with E-state index in [-0.39, 0.29) is 5.60 Å². The Morgan fingerprint density at radius 3 is 2.72 bits per heavy atom. The minimum atomic E-state index is 0.0249. The number of ether oxygens (including phenoxy) is 1. The molecule has 0 amide bonds. The van der Waals surface area contributed by atoms with E-state index < -0.39 is 0 Å². The zero-order valence-electron chi connectivity index (χ0n) is 12.1. The lowest BCUT2D eigenvalue weighted by atomic mass is 10.1. The molecule has 4 heteroatoms. The number of rotatable bonds is 4. The first kappa shape index (κ1) is 14.6. The fraction of sp³-hybridized carbons (Fsp3) is 1.00. The van der Waals surface area contributed by atoms with Gasteiger partial charge in [-0.2, -0.15) is 11.8 Å². The van der Waals surface area contributed by atoms with E-state index in [9.17, 15) is 0 Å². The van der Waals surface area contributed by atoms with E-state index in [4.69, 9.17) is 4.74 Å². The molecule has 1 N–H and O–H groups in total. The van der Waals surface area contributed by atoms with Gasteiger partial charge < -0.3 is 10.1 Å². The smallest absolute Gasteiger partial charge is 0.0757 e. The summed E-state index contributed by atoms with van der Waals surface area (Å²) in [4.78, 5) is 2.57. The van der Waals surface area contributed by atoms with Crippen molar-refractivity contribution in [1.29, 1.82) is 0 Å². The lowest BCUT2D eigenvalue weighted by Gasteiger charge is -2.41. The van der Waals surface area contributed by atoms with Crippen molar-refractivity contribution in [2.45, 2.75) is 50.6 Å². The van der Waals surface area contributed by atoms with Crippen LogP contribution in [-0.4, -0.2) is 60.3 Å². The largest absolute Gasteiger partial charge is 0.370 e. The van der Waals surface area contributed by atoms with Gasteiger partial charge in [0.15, 0.2) is 0 Å². The third kappa shape index (κ3) is 4.72. The predicted octanol–water partition coefficient (Wildman–Crippen LogP) is 1.97. The van der Waals surface area contributed by atoms with Gasteiger partial charge in [-0.05, 0) is 46.7 Å². The van der Waals surface area contributed by atoms with E-state index in [2.05, 4.69) is 42.7 Å². The molecule has 0 saturated carbocycles. The molecule has 0 aromatic rings. The van der Waals surface area contributed by atoms with E-state index >= 15 is 0 Å². The molecule has 1 atom stereocenters. The number of piperidine rings is 1. The Hall–Kier alpha value is 0.230. The first-order valence-electron chi connectivity index (χ1n) is 7.28. The third-order valence-electron chi connectivity index (χ3n) is 3.69. The van der Waals surface area contributed by atoms with Crippen LogP contribution in [-0.2, 0) is 4.74 Å². The van der Waals surface area contributed by atoms with Crippen LogP contribution in [0.1, 0.15) is 33.6 Å². The molecule has 2 aliphatic rings. The van der Waals surface area contributed by atoms with Crippen LogP contribution in [0.4, 0.5) is 0 Å². The Balaban J connectivity index is 1.66. The third-order valence-corrected chi connectivity index (χ3v) is 5.05. The Morgan fingerprint density at radius 1 is 1.33 bits per heavy atom. The van der Waals surface area contributed by atoms with E-state index in [0.717, 1.165) is 18.3 Å². The van der Waals surface area contributed by atoms with Crippen molar-refractivity contribution in [2.75, 3.05) is 38.5 Å². The first-order valence-corrected chi connectivity index (χ1v) is 8.32. The normalized spacial score (nSPS) is 30.5. The minimum absolute atomic E-state index is 0.0249. The zero-order chi connectivity index (χ0) is 13.0. The van der Waals surface area contributed by atoms with Crippen LogP contribution >= 0.6 is 11.8 Å². The van der Waals surface area contributed by atoms with E-state index in [0.29, 0.717) is 6.10 Å². The quantitative estimate of drug-likeness (QED) is 0.846. The molecule has 2 rings (SSSR count). The maximum atomic E-state index is 5.94. The molecule has 0 radical (unpaired) electrons. The van der Waals surface area contributed by atoms with Gasteiger partial charge in [0.1, 0.15) is 0 Å². The second-order valence-corrected chi connectivity index (χ2v) is 7.65. The molecule has 0 spiro atoms. The van der Waals surface area contributed by atoms with Crippen LogP contribution in [0.3, 0.4) is 0 Å². The summed E-state index contributed by atoms with van der Waals surface area (Å²) in [6.07, 6.45) is 3.06. The van der Waals surface area contributed by atoms with Gasteiger partial charge >= 0.3 is 0 Å². The van der Waals surface area contributed by atoms with Crippen molar-refractivity contribution in [3.63, 3.8) is 0 Å². The predicted molar refractivity (Wildman–Crippen MR) is 79.4 cm³/mol. The van der Waals surface area contributed by atoms with E-state index in [1.165, 1.54) is 38.2 Å². The standard InChI is InChI=1S/C14H28N2OS/c1-12-10-16(11-14(2,3)17-12)8-9-18-13-4-6-15-7-5-13/h12-13,15H,4-11H2,1-3H3. The maximum Gasteiger partial charge on any atom is 0.0757 e. The highest BCUT2D eigenvalue weighted by molar-refractivity contribution is 7.99. The van der Waals surface area contributed by atoms with Crippen LogP contribution in [0.2, 0.25) is 0 Å². The monoisotopic (exact) mass is 272 g/mol. The topological polar surface area (TPSA) is 24.5 Å². The SMILES string of the molecule is CC1CN(CCSC2CCNCC2)CC(C)(C)O1. The van der Waals surface area contributed by atoms with E-state index in [1.54, 1.807) is 0 Å². The summed E-state index contributed by atoms with van der Waals surface area (Å²) < 4.78 is 5.94. The van der Waals surface area contributed by atoms with Crippen LogP contribution in [0.25, 0.3) is 0 Å². The summed E-state index contributed by atoms with van der Waals surface area (Å²) >= 11 is 2.17. The second-order valence-electron chi connectivity index (χ2n) is 6.24. The average Bonchev–Trinajstić information content (AvgIpc) is 2.27. The summed E-state index contributed by atoms with van der Waals surface area (Å²) in [5, 5.41) is 4.32. The fourth-order valence-electron chi connectivity index (χ4n) is 3.07. The average molecular weight is 272 g/mol. The Morgan fingerprint density at radius 2 is 2.06 bits per heavy atom. The van der Waals surface area contributed by atoms with Gasteiger partial charge in [-0.25, -0.2) is 0 Å². The Bertz CT molecular complexity index is 254. The fourth-order valence-corrected chi connectivity index (χ4v) is 4.33. The van der Waals surface area contributed by atoms with Crippen molar-refractivity contribution in [3.8, 4) is 0 Å². The highest BCUT2D eigenvalue weighted by Gasteiger charge is 2.30. The van der Waals surface area contributed by atoms with Crippen molar-refractivity contribution in [1.82, 2.24) is 10.2 Å². The van der Waals surface area contributed by atoms with Crippen molar-refractivity contribution in [3.05, 3.63) is 0 Å². The Kier molecular flexibility index (Phi) is 5.36. The number of thioether (sulfide) groups is 1. The van der Waals surface area contributed by atoms with Crippen LogP contribution in [0.5, 0.6) is 0 Å². The molecule has 2 fully saturated rings. The van der Waals surface area contributed by atoms with Gasteiger partial charge in [-0.1, -0.05) is 0 Å². The van der Waals surface area contributed by atoms with E-state index in [1.807, 2.05) is 0 Å². The van der Waals surface area contributed by atoms with Gasteiger partial charge in [0, 0.05) is 30.6 Å². The Labute approximate surface area is 116 Å². The van der Waals surface area contributed by atoms with Gasteiger partial charge in [0.25, 0.3) is 0 Å². The lowest BCUT2D eigenvalue weighted by Crippen LogP contribution is -2.52. The summed E-state index contributed by atoms with van der Waals surface area (Å²) in [6, 6.07) is 0. The summed E-state index contributed by atoms with van der Waals surface area (Å²) in [5.74, 6) is 1.27. The number of morpholine rings is 1. The molecule has 0 aromatic heterocycles. The molecule has 0 aliphatic carbocycles. The second kappa shape index (κ2) is 6.60. The van der Waals surface area contributed by atoms with Crippen LogP contribution in [0, 0.1) is 0 Å². The highest BCUT2D eigenvalue weighted by Crippen LogP contribution is 2.23. The molecule has 1 unspecified atom stereocenters. The molecule has 2 saturated heterocycles. The number of nitrogens with one attached hydrogen (secondary N) is 1. The minimum Gasteiger partial charge on any atom is -0.370 e. The zero-order valence-corrected chi connectivity index (χ0v) is 12.9. The molecule has 2 heterocycles. The van der Waals surface area contributed by atoms with Crippen molar-refractivity contribution < 1.29 is 4.74 Å².